The van der Waals surface area contributed by atoms with Gasteiger partial charge in [-0.05, 0) is 74.3 Å². The zero-order valence-electron chi connectivity index (χ0n) is 35.4. The molecular formula is C46H62N8O7S. The van der Waals surface area contributed by atoms with Crippen LogP contribution in [0.2, 0.25) is 0 Å². The third kappa shape index (κ3) is 14.2. The summed E-state index contributed by atoms with van der Waals surface area (Å²) in [5.74, 6) is -1.81. The molecule has 5 amide bonds. The molecule has 0 bridgehead atoms. The van der Waals surface area contributed by atoms with Crippen molar-refractivity contribution in [2.24, 2.45) is 28.3 Å². The molecule has 5 rings (SSSR count). The van der Waals surface area contributed by atoms with Crippen LogP contribution >= 0.6 is 0 Å². The summed E-state index contributed by atoms with van der Waals surface area (Å²) >= 11 is 0. The second-order valence-corrected chi connectivity index (χ2v) is 17.9. The lowest BCUT2D eigenvalue weighted by Crippen LogP contribution is -2.55. The normalized spacial score (nSPS) is 15.4. The van der Waals surface area contributed by atoms with Gasteiger partial charge in [0.1, 0.15) is 12.1 Å². The zero-order valence-corrected chi connectivity index (χ0v) is 36.3. The molecule has 15 nitrogen and oxygen atoms in total. The molecule has 1 saturated carbocycles. The Morgan fingerprint density at radius 1 is 0.677 bits per heavy atom. The van der Waals surface area contributed by atoms with Crippen LogP contribution in [0, 0.1) is 11.8 Å². The van der Waals surface area contributed by atoms with E-state index < -0.39 is 33.9 Å². The molecule has 8 N–H and O–H groups in total. The molecular weight excluding hydrogens is 809 g/mol. The van der Waals surface area contributed by atoms with Gasteiger partial charge in [0.25, 0.3) is 11.8 Å². The van der Waals surface area contributed by atoms with Crippen LogP contribution in [0.4, 0.5) is 0 Å². The Hall–Kier alpha value is -5.61. The summed E-state index contributed by atoms with van der Waals surface area (Å²) in [4.78, 5) is 72.8. The maximum absolute atomic E-state index is 14.2. The summed E-state index contributed by atoms with van der Waals surface area (Å²) < 4.78 is 27.9. The Kier molecular flexibility index (Phi) is 18.5. The third-order valence-corrected chi connectivity index (χ3v) is 13.1. The molecule has 62 heavy (non-hydrogen) atoms. The van der Waals surface area contributed by atoms with Crippen LogP contribution in [-0.4, -0.2) is 87.1 Å². The van der Waals surface area contributed by atoms with Gasteiger partial charge in [-0.1, -0.05) is 106 Å². The molecule has 1 aliphatic carbocycles. The van der Waals surface area contributed by atoms with Crippen LogP contribution in [0.3, 0.4) is 0 Å². The number of imide groups is 1. The number of aliphatic imine (C=N–C) groups is 1. The van der Waals surface area contributed by atoms with Crippen LogP contribution in [0.15, 0.2) is 94.8 Å². The number of guanidine groups is 1. The molecule has 334 valence electrons. The summed E-state index contributed by atoms with van der Waals surface area (Å²) in [6.07, 6.45) is 10.7. The summed E-state index contributed by atoms with van der Waals surface area (Å²) in [5.41, 5.74) is 12.8. The fourth-order valence-electron chi connectivity index (χ4n) is 8.28. The SMILES string of the molecule is NC(N)=NCCC[C@H](NC(=O)C(CCCCCCCCN1C(=O)c2ccccc2C1=O)C1CCCC1)C(=O)N[C@@H](Cc1ccccc1)C(=O)NCCNS(=O)(=O)c1ccccc1. The molecule has 0 saturated heterocycles. The van der Waals surface area contributed by atoms with E-state index in [0.717, 1.165) is 69.8 Å². The van der Waals surface area contributed by atoms with Crippen LogP contribution in [-0.2, 0) is 30.8 Å². The van der Waals surface area contributed by atoms with E-state index in [0.29, 0.717) is 30.5 Å². The average Bonchev–Trinajstić information content (AvgIpc) is 3.89. The maximum Gasteiger partial charge on any atom is 0.261 e. The molecule has 1 fully saturated rings. The zero-order chi connectivity index (χ0) is 44.3. The highest BCUT2D eigenvalue weighted by atomic mass is 32.2. The van der Waals surface area contributed by atoms with Crippen molar-refractivity contribution in [1.29, 1.82) is 0 Å². The molecule has 3 aromatic carbocycles. The number of amides is 5. The van der Waals surface area contributed by atoms with E-state index in [1.807, 2.05) is 30.3 Å². The van der Waals surface area contributed by atoms with E-state index in [4.69, 9.17) is 11.5 Å². The lowest BCUT2D eigenvalue weighted by atomic mass is 9.85. The summed E-state index contributed by atoms with van der Waals surface area (Å²) in [7, 11) is -3.78. The van der Waals surface area contributed by atoms with Crippen molar-refractivity contribution < 1.29 is 32.4 Å². The monoisotopic (exact) mass is 870 g/mol. The van der Waals surface area contributed by atoms with Crippen LogP contribution in [0.1, 0.15) is 110 Å². The standard InChI is InChI=1S/C46H62N8O7S/c47-46(48)50-28-17-27-39(43(57)53-40(32-33-18-7-5-8-19-33)42(56)49-29-30-51-62(60,61)35-22-9-6-10-23-35)52-41(55)36(34-20-12-13-21-34)24-11-3-1-2-4-16-31-54-44(58)37-25-14-15-26-38(37)45(54)59/h5-10,14-15,18-19,22-23,25-26,34,36,39-40,51H,1-4,11-13,16-17,20-21,24,27-32H2,(H,49,56)(H,52,55)(H,53,57)(H4,47,48,50)/t36?,39-,40-/m0/s1. The van der Waals surface area contributed by atoms with Gasteiger partial charge in [-0.3, -0.25) is 33.9 Å². The molecule has 1 aliphatic heterocycles. The molecule has 3 aromatic rings. The van der Waals surface area contributed by atoms with Crippen molar-refractivity contribution in [2.75, 3.05) is 26.2 Å². The van der Waals surface area contributed by atoms with Gasteiger partial charge in [0.05, 0.1) is 16.0 Å². The van der Waals surface area contributed by atoms with Gasteiger partial charge in [-0.25, -0.2) is 13.1 Å². The lowest BCUT2D eigenvalue weighted by molar-refractivity contribution is -0.134. The molecule has 1 unspecified atom stereocenters. The number of benzene rings is 3. The highest BCUT2D eigenvalue weighted by molar-refractivity contribution is 7.89. The molecule has 0 radical (unpaired) electrons. The van der Waals surface area contributed by atoms with Crippen molar-refractivity contribution in [3.63, 3.8) is 0 Å². The average molecular weight is 871 g/mol. The van der Waals surface area contributed by atoms with E-state index in [1.54, 1.807) is 42.5 Å². The first-order chi connectivity index (χ1) is 29.9. The van der Waals surface area contributed by atoms with E-state index in [2.05, 4.69) is 25.7 Å². The maximum atomic E-state index is 14.2. The first-order valence-electron chi connectivity index (χ1n) is 21.9. The number of carbonyl (C=O) groups excluding carboxylic acids is 5. The summed E-state index contributed by atoms with van der Waals surface area (Å²) in [6, 6.07) is 22.1. The van der Waals surface area contributed by atoms with Gasteiger partial charge in [-0.15, -0.1) is 0 Å². The molecule has 1 heterocycles. The minimum atomic E-state index is -3.78. The van der Waals surface area contributed by atoms with Crippen molar-refractivity contribution in [3.8, 4) is 0 Å². The molecule has 3 atom stereocenters. The summed E-state index contributed by atoms with van der Waals surface area (Å²) in [5, 5.41) is 8.69. The largest absolute Gasteiger partial charge is 0.370 e. The second kappa shape index (κ2) is 24.1. The van der Waals surface area contributed by atoms with Crippen molar-refractivity contribution >= 4 is 45.5 Å². The van der Waals surface area contributed by atoms with Gasteiger partial charge >= 0.3 is 0 Å². The number of hydrogen-bond donors (Lipinski definition) is 6. The first-order valence-corrected chi connectivity index (χ1v) is 23.4. The highest BCUT2D eigenvalue weighted by Crippen LogP contribution is 2.34. The Balaban J connectivity index is 1.15. The number of hydrogen-bond acceptors (Lipinski definition) is 8. The summed E-state index contributed by atoms with van der Waals surface area (Å²) in [6.45, 7) is 0.552. The van der Waals surface area contributed by atoms with Crippen molar-refractivity contribution in [1.82, 2.24) is 25.6 Å². The molecule has 0 aromatic heterocycles. The molecule has 2 aliphatic rings. The van der Waals surface area contributed by atoms with E-state index >= 15 is 0 Å². The van der Waals surface area contributed by atoms with Crippen LogP contribution < -0.4 is 32.1 Å². The smallest absolute Gasteiger partial charge is 0.261 e. The Bertz CT molecular complexity index is 2060. The minimum Gasteiger partial charge on any atom is -0.370 e. The Morgan fingerprint density at radius 2 is 1.26 bits per heavy atom. The van der Waals surface area contributed by atoms with Gasteiger partial charge in [-0.2, -0.15) is 0 Å². The van der Waals surface area contributed by atoms with Crippen molar-refractivity contribution in [2.45, 2.75) is 107 Å². The predicted molar refractivity (Wildman–Crippen MR) is 238 cm³/mol. The van der Waals surface area contributed by atoms with Crippen molar-refractivity contribution in [3.05, 3.63) is 102 Å². The second-order valence-electron chi connectivity index (χ2n) is 16.1. The molecule has 16 heteroatoms. The number of fused-ring (bicyclic) bond motifs is 1. The van der Waals surface area contributed by atoms with Gasteiger partial charge in [0, 0.05) is 38.5 Å². The number of unbranched alkanes of at least 4 members (excludes halogenated alkanes) is 5. The van der Waals surface area contributed by atoms with Gasteiger partial charge < -0.3 is 27.4 Å². The van der Waals surface area contributed by atoms with Crippen LogP contribution in [0.25, 0.3) is 0 Å². The number of nitrogens with two attached hydrogens (primary N) is 2. The lowest BCUT2D eigenvalue weighted by Gasteiger charge is -2.27. The number of rotatable bonds is 26. The van der Waals surface area contributed by atoms with E-state index in [-0.39, 0.29) is 72.9 Å². The fraction of sp³-hybridized carbons (Fsp3) is 0.478. The number of sulfonamides is 1. The third-order valence-electron chi connectivity index (χ3n) is 11.6. The fourth-order valence-corrected chi connectivity index (χ4v) is 9.34. The van der Waals surface area contributed by atoms with Gasteiger partial charge in [0.2, 0.25) is 27.7 Å². The number of carbonyl (C=O) groups is 5. The van der Waals surface area contributed by atoms with Crippen LogP contribution in [0.5, 0.6) is 0 Å². The van der Waals surface area contributed by atoms with E-state index in [9.17, 15) is 32.4 Å². The minimum absolute atomic E-state index is 0.0241. The number of nitrogens with zero attached hydrogens (tertiary/aromatic N) is 2. The molecule has 0 spiro atoms. The Labute approximate surface area is 365 Å². The quantitative estimate of drug-likeness (QED) is 0.0294. The predicted octanol–water partition coefficient (Wildman–Crippen LogP) is 4.18. The highest BCUT2D eigenvalue weighted by Gasteiger charge is 2.35. The Morgan fingerprint density at radius 3 is 1.90 bits per heavy atom. The topological polar surface area (TPSA) is 235 Å². The first kappa shape index (κ1) is 47.4. The van der Waals surface area contributed by atoms with Gasteiger partial charge in [0.15, 0.2) is 5.96 Å². The van der Waals surface area contributed by atoms with E-state index in [1.165, 1.54) is 17.0 Å². The number of nitrogens with one attached hydrogen (secondary N) is 4.